The molecule has 102 valence electrons. The number of ether oxygens (including phenoxy) is 1. The molecule has 0 saturated carbocycles. The number of terminal acetylenes is 1. The number of anilines is 1. The summed E-state index contributed by atoms with van der Waals surface area (Å²) in [5.74, 6) is 2.10. The Labute approximate surface area is 115 Å². The average molecular weight is 273 g/mol. The fourth-order valence-electron chi connectivity index (χ4n) is 1.84. The van der Waals surface area contributed by atoms with Gasteiger partial charge in [-0.2, -0.15) is 5.10 Å². The van der Waals surface area contributed by atoms with E-state index < -0.39 is 5.82 Å². The topological polar surface area (TPSA) is 70.1 Å². The van der Waals surface area contributed by atoms with Crippen molar-refractivity contribution in [1.29, 1.82) is 0 Å². The van der Waals surface area contributed by atoms with Crippen molar-refractivity contribution in [2.24, 2.45) is 0 Å². The number of benzene rings is 1. The normalized spacial score (nSPS) is 10.1. The number of rotatable bonds is 4. The van der Waals surface area contributed by atoms with Crippen LogP contribution < -0.4 is 10.5 Å². The van der Waals surface area contributed by atoms with Crippen molar-refractivity contribution >= 4 is 12.1 Å². The number of nitrogens with two attached hydrogens (primary N) is 1. The molecule has 1 aromatic carbocycles. The number of aldehydes is 1. The number of aromatic nitrogens is 2. The number of carbonyl (C=O) groups is 1. The van der Waals surface area contributed by atoms with E-state index in [-0.39, 0.29) is 29.4 Å². The van der Waals surface area contributed by atoms with Crippen molar-refractivity contribution in [3.8, 4) is 29.4 Å². The molecule has 5 nitrogen and oxygen atoms in total. The molecular formula is C14H12FN3O2. The molecule has 6 heteroatoms. The summed E-state index contributed by atoms with van der Waals surface area (Å²) in [6.07, 6.45) is 5.78. The van der Waals surface area contributed by atoms with Crippen molar-refractivity contribution in [3.05, 3.63) is 29.6 Å². The zero-order valence-corrected chi connectivity index (χ0v) is 10.8. The highest BCUT2D eigenvalue weighted by atomic mass is 19.1. The van der Waals surface area contributed by atoms with Crippen LogP contribution in [-0.2, 0) is 6.54 Å². The van der Waals surface area contributed by atoms with Gasteiger partial charge in [-0.3, -0.25) is 4.79 Å². The first-order valence-corrected chi connectivity index (χ1v) is 5.71. The molecule has 0 aliphatic heterocycles. The van der Waals surface area contributed by atoms with E-state index in [2.05, 4.69) is 11.0 Å². The van der Waals surface area contributed by atoms with Crippen molar-refractivity contribution in [1.82, 2.24) is 9.78 Å². The quantitative estimate of drug-likeness (QED) is 0.680. The third-order valence-corrected chi connectivity index (χ3v) is 2.81. The van der Waals surface area contributed by atoms with Crippen molar-refractivity contribution < 1.29 is 13.9 Å². The molecule has 0 aliphatic rings. The van der Waals surface area contributed by atoms with E-state index in [0.29, 0.717) is 11.8 Å². The summed E-state index contributed by atoms with van der Waals surface area (Å²) in [5.41, 5.74) is 6.68. The molecule has 0 fully saturated rings. The van der Waals surface area contributed by atoms with Gasteiger partial charge in [-0.25, -0.2) is 9.07 Å². The van der Waals surface area contributed by atoms with Gasteiger partial charge in [0.15, 0.2) is 17.9 Å². The molecule has 2 N–H and O–H groups in total. The molecule has 20 heavy (non-hydrogen) atoms. The second-order valence-corrected chi connectivity index (χ2v) is 3.98. The van der Waals surface area contributed by atoms with Crippen LogP contribution in [0.2, 0.25) is 0 Å². The van der Waals surface area contributed by atoms with Gasteiger partial charge in [-0.05, 0) is 18.2 Å². The highest BCUT2D eigenvalue weighted by Crippen LogP contribution is 2.29. The monoisotopic (exact) mass is 273 g/mol. The maximum atomic E-state index is 13.7. The molecular weight excluding hydrogens is 261 g/mol. The minimum absolute atomic E-state index is 0.109. The zero-order chi connectivity index (χ0) is 14.7. The van der Waals surface area contributed by atoms with Gasteiger partial charge in [-0.15, -0.1) is 6.42 Å². The van der Waals surface area contributed by atoms with Crippen LogP contribution in [0.1, 0.15) is 10.4 Å². The summed E-state index contributed by atoms with van der Waals surface area (Å²) in [5, 5.41) is 4.15. The SMILES string of the molecule is C#CCn1nc(-c2ccc(OC)c(F)c2)c(C=O)c1N. The Kier molecular flexibility index (Phi) is 3.71. The number of nitrogen functional groups attached to an aromatic ring is 1. The molecule has 0 unspecified atom stereocenters. The van der Waals surface area contributed by atoms with Gasteiger partial charge in [0.2, 0.25) is 0 Å². The van der Waals surface area contributed by atoms with Crippen LogP contribution in [0.25, 0.3) is 11.3 Å². The van der Waals surface area contributed by atoms with Gasteiger partial charge >= 0.3 is 0 Å². The zero-order valence-electron chi connectivity index (χ0n) is 10.8. The number of hydrogen-bond acceptors (Lipinski definition) is 4. The van der Waals surface area contributed by atoms with E-state index in [0.717, 1.165) is 0 Å². The average Bonchev–Trinajstić information content (AvgIpc) is 2.76. The molecule has 2 aromatic rings. The van der Waals surface area contributed by atoms with E-state index in [1.165, 1.54) is 23.9 Å². The summed E-state index contributed by atoms with van der Waals surface area (Å²) in [4.78, 5) is 11.1. The largest absolute Gasteiger partial charge is 0.494 e. The fourth-order valence-corrected chi connectivity index (χ4v) is 1.84. The number of carbonyl (C=O) groups excluding carboxylic acids is 1. The van der Waals surface area contributed by atoms with Gasteiger partial charge in [0, 0.05) is 5.56 Å². The lowest BCUT2D eigenvalue weighted by molar-refractivity contribution is 0.112. The summed E-state index contributed by atoms with van der Waals surface area (Å²) in [6, 6.07) is 4.28. The van der Waals surface area contributed by atoms with Crippen LogP contribution in [-0.4, -0.2) is 23.2 Å². The van der Waals surface area contributed by atoms with Gasteiger partial charge in [0.05, 0.1) is 12.7 Å². The van der Waals surface area contributed by atoms with Gasteiger partial charge < -0.3 is 10.5 Å². The van der Waals surface area contributed by atoms with E-state index in [1.807, 2.05) is 0 Å². The maximum absolute atomic E-state index is 13.7. The van der Waals surface area contributed by atoms with Crippen LogP contribution in [0.4, 0.5) is 10.2 Å². The third kappa shape index (κ3) is 2.21. The Balaban J connectivity index is 2.57. The van der Waals surface area contributed by atoms with E-state index in [4.69, 9.17) is 16.9 Å². The summed E-state index contributed by atoms with van der Waals surface area (Å²) in [7, 11) is 1.37. The highest BCUT2D eigenvalue weighted by molar-refractivity contribution is 5.91. The predicted molar refractivity (Wildman–Crippen MR) is 72.8 cm³/mol. The second kappa shape index (κ2) is 5.45. The molecule has 0 radical (unpaired) electrons. The molecule has 0 saturated heterocycles. The lowest BCUT2D eigenvalue weighted by Gasteiger charge is -2.03. The molecule has 0 amide bonds. The third-order valence-electron chi connectivity index (χ3n) is 2.81. The first kappa shape index (κ1) is 13.6. The Morgan fingerprint density at radius 1 is 1.60 bits per heavy atom. The minimum Gasteiger partial charge on any atom is -0.494 e. The molecule has 1 heterocycles. The standard InChI is InChI=1S/C14H12FN3O2/c1-3-6-18-14(16)10(8-19)13(17-18)9-4-5-12(20-2)11(15)7-9/h1,4-5,7-8H,6,16H2,2H3. The number of hydrogen-bond donors (Lipinski definition) is 1. The molecule has 0 bridgehead atoms. The van der Waals surface area contributed by atoms with Gasteiger partial charge in [-0.1, -0.05) is 5.92 Å². The van der Waals surface area contributed by atoms with E-state index >= 15 is 0 Å². The van der Waals surface area contributed by atoms with Crippen LogP contribution >= 0.6 is 0 Å². The Morgan fingerprint density at radius 3 is 2.90 bits per heavy atom. The molecule has 1 aromatic heterocycles. The lowest BCUT2D eigenvalue weighted by atomic mass is 10.1. The Hall–Kier alpha value is -2.81. The van der Waals surface area contributed by atoms with E-state index in [9.17, 15) is 9.18 Å². The van der Waals surface area contributed by atoms with Crippen molar-refractivity contribution in [2.45, 2.75) is 6.54 Å². The van der Waals surface area contributed by atoms with E-state index in [1.54, 1.807) is 6.07 Å². The molecule has 2 rings (SSSR count). The number of halogens is 1. The van der Waals surface area contributed by atoms with Gasteiger partial charge in [0.25, 0.3) is 0 Å². The highest BCUT2D eigenvalue weighted by Gasteiger charge is 2.17. The van der Waals surface area contributed by atoms with Crippen LogP contribution in [0, 0.1) is 18.2 Å². The van der Waals surface area contributed by atoms with Gasteiger partial charge in [0.1, 0.15) is 18.1 Å². The van der Waals surface area contributed by atoms with Crippen molar-refractivity contribution in [3.63, 3.8) is 0 Å². The Bertz CT molecular complexity index is 701. The fraction of sp³-hybridized carbons (Fsp3) is 0.143. The lowest BCUT2D eigenvalue weighted by Crippen LogP contribution is -2.03. The minimum atomic E-state index is -0.549. The smallest absolute Gasteiger partial charge is 0.165 e. The number of nitrogens with zero attached hydrogens (tertiary/aromatic N) is 2. The summed E-state index contributed by atoms with van der Waals surface area (Å²) in [6.45, 7) is 0.130. The van der Waals surface area contributed by atoms with Crippen molar-refractivity contribution in [2.75, 3.05) is 12.8 Å². The first-order chi connectivity index (χ1) is 9.62. The van der Waals surface area contributed by atoms with Crippen LogP contribution in [0.5, 0.6) is 5.75 Å². The summed E-state index contributed by atoms with van der Waals surface area (Å²) >= 11 is 0. The second-order valence-electron chi connectivity index (χ2n) is 3.98. The maximum Gasteiger partial charge on any atom is 0.165 e. The van der Waals surface area contributed by atoms with Crippen LogP contribution in [0.15, 0.2) is 18.2 Å². The predicted octanol–water partition coefficient (Wildman–Crippen LogP) is 1.73. The first-order valence-electron chi connectivity index (χ1n) is 5.71. The van der Waals surface area contributed by atoms with Crippen LogP contribution in [0.3, 0.4) is 0 Å². The number of methoxy groups -OCH3 is 1. The molecule has 0 aliphatic carbocycles. The Morgan fingerprint density at radius 2 is 2.35 bits per heavy atom. The molecule has 0 atom stereocenters. The molecule has 0 spiro atoms. The summed E-state index contributed by atoms with van der Waals surface area (Å²) < 4.78 is 19.9.